The number of hydrogen-bond donors (Lipinski definition) is 1. The Balaban J connectivity index is 2.26. The first-order chi connectivity index (χ1) is 7.24. The summed E-state index contributed by atoms with van der Waals surface area (Å²) < 4.78 is 5.22. The van der Waals surface area contributed by atoms with E-state index in [0.29, 0.717) is 5.75 Å². The lowest BCUT2D eigenvalue weighted by atomic mass is 9.98. The largest absolute Gasteiger partial charge is 0.496 e. The third kappa shape index (κ3) is 1.81. The number of carbonyl (C=O) groups is 1. The summed E-state index contributed by atoms with van der Waals surface area (Å²) in [7, 11) is 1.61. The molecule has 1 aliphatic heterocycles. The molecule has 1 aromatic rings. The van der Waals surface area contributed by atoms with Gasteiger partial charge >= 0.3 is 5.97 Å². The minimum Gasteiger partial charge on any atom is -0.496 e. The minimum absolute atomic E-state index is 0.0404. The van der Waals surface area contributed by atoms with Crippen molar-refractivity contribution in [2.75, 3.05) is 12.9 Å². The van der Waals surface area contributed by atoms with Crippen LogP contribution in [-0.4, -0.2) is 23.9 Å². The fraction of sp³-hybridized carbons (Fsp3) is 0.364. The van der Waals surface area contributed by atoms with Gasteiger partial charge in [-0.2, -0.15) is 11.8 Å². The van der Waals surface area contributed by atoms with Crippen LogP contribution in [0.2, 0.25) is 0 Å². The molecule has 3 nitrogen and oxygen atoms in total. The highest BCUT2D eigenvalue weighted by atomic mass is 32.2. The van der Waals surface area contributed by atoms with Gasteiger partial charge in [0, 0.05) is 16.6 Å². The number of para-hydroxylation sites is 1. The van der Waals surface area contributed by atoms with Crippen LogP contribution < -0.4 is 4.74 Å². The van der Waals surface area contributed by atoms with E-state index in [2.05, 4.69) is 0 Å². The number of carboxylic acid groups (broad SMARTS) is 1. The third-order valence-electron chi connectivity index (χ3n) is 2.58. The average Bonchev–Trinajstić information content (AvgIpc) is 2.16. The fourth-order valence-corrected chi connectivity index (χ4v) is 2.91. The zero-order valence-electron chi connectivity index (χ0n) is 8.34. The molecule has 1 aliphatic rings. The van der Waals surface area contributed by atoms with Gasteiger partial charge in [0.15, 0.2) is 0 Å². The van der Waals surface area contributed by atoms with E-state index >= 15 is 0 Å². The van der Waals surface area contributed by atoms with Crippen molar-refractivity contribution in [3.8, 4) is 5.75 Å². The number of aliphatic carboxylic acids is 1. The number of methoxy groups -OCH3 is 1. The summed E-state index contributed by atoms with van der Waals surface area (Å²) in [5.74, 6) is 0.481. The number of rotatable bonds is 3. The van der Waals surface area contributed by atoms with Crippen molar-refractivity contribution < 1.29 is 14.6 Å². The molecule has 1 saturated heterocycles. The summed E-state index contributed by atoms with van der Waals surface area (Å²) >= 11 is 1.66. The van der Waals surface area contributed by atoms with E-state index in [4.69, 9.17) is 9.84 Å². The van der Waals surface area contributed by atoms with E-state index in [1.54, 1.807) is 18.9 Å². The van der Waals surface area contributed by atoms with E-state index in [-0.39, 0.29) is 11.2 Å². The van der Waals surface area contributed by atoms with Gasteiger partial charge in [0.25, 0.3) is 0 Å². The van der Waals surface area contributed by atoms with Crippen LogP contribution in [0, 0.1) is 5.92 Å². The first-order valence-corrected chi connectivity index (χ1v) is 5.76. The molecular formula is C11H12O3S. The molecule has 0 aromatic heterocycles. The maximum atomic E-state index is 10.9. The third-order valence-corrected chi connectivity index (χ3v) is 4.08. The van der Waals surface area contributed by atoms with Gasteiger partial charge in [-0.15, -0.1) is 0 Å². The maximum absolute atomic E-state index is 10.9. The van der Waals surface area contributed by atoms with Gasteiger partial charge in [0.05, 0.1) is 13.0 Å². The van der Waals surface area contributed by atoms with Crippen LogP contribution in [0.1, 0.15) is 10.8 Å². The first-order valence-electron chi connectivity index (χ1n) is 4.71. The molecule has 1 fully saturated rings. The number of carboxylic acids is 1. The number of hydrogen-bond acceptors (Lipinski definition) is 3. The molecule has 0 saturated carbocycles. The van der Waals surface area contributed by atoms with Crippen LogP contribution >= 0.6 is 11.8 Å². The molecule has 4 heteroatoms. The second kappa shape index (κ2) is 4.14. The predicted molar refractivity (Wildman–Crippen MR) is 59.3 cm³/mol. The summed E-state index contributed by atoms with van der Waals surface area (Å²) in [4.78, 5) is 10.9. The Labute approximate surface area is 92.4 Å². The van der Waals surface area contributed by atoms with Crippen molar-refractivity contribution in [1.82, 2.24) is 0 Å². The second-order valence-corrected chi connectivity index (χ2v) is 4.62. The fourth-order valence-electron chi connectivity index (χ4n) is 1.70. The number of ether oxygens (including phenoxy) is 1. The summed E-state index contributed by atoms with van der Waals surface area (Å²) in [6.07, 6.45) is 0. The van der Waals surface area contributed by atoms with Crippen LogP contribution in [-0.2, 0) is 4.79 Å². The van der Waals surface area contributed by atoms with Crippen LogP contribution in [0.5, 0.6) is 5.75 Å². The molecule has 1 heterocycles. The molecular weight excluding hydrogens is 212 g/mol. The SMILES string of the molecule is COc1ccccc1C1SCC1C(=O)O. The normalized spacial score (nSPS) is 24.3. The van der Waals surface area contributed by atoms with Crippen molar-refractivity contribution >= 4 is 17.7 Å². The van der Waals surface area contributed by atoms with Gasteiger partial charge in [-0.25, -0.2) is 0 Å². The topological polar surface area (TPSA) is 46.5 Å². The predicted octanol–water partition coefficient (Wildman–Crippen LogP) is 2.18. The molecule has 2 atom stereocenters. The van der Waals surface area contributed by atoms with Gasteiger partial charge < -0.3 is 9.84 Å². The molecule has 0 radical (unpaired) electrons. The number of benzene rings is 1. The van der Waals surface area contributed by atoms with Gasteiger partial charge in [0.2, 0.25) is 0 Å². The first kappa shape index (κ1) is 10.4. The summed E-state index contributed by atoms with van der Waals surface area (Å²) in [5.41, 5.74) is 0.989. The van der Waals surface area contributed by atoms with Gasteiger partial charge in [0.1, 0.15) is 5.75 Å². The van der Waals surface area contributed by atoms with Crippen molar-refractivity contribution in [3.63, 3.8) is 0 Å². The monoisotopic (exact) mass is 224 g/mol. The lowest BCUT2D eigenvalue weighted by molar-refractivity contribution is -0.141. The molecule has 2 unspecified atom stereocenters. The Kier molecular flexibility index (Phi) is 2.86. The standard InChI is InChI=1S/C11H12O3S/c1-14-9-5-3-2-4-7(9)10-8(6-15-10)11(12)13/h2-5,8,10H,6H2,1H3,(H,12,13). The molecule has 1 N–H and O–H groups in total. The Bertz CT molecular complexity index is 378. The van der Waals surface area contributed by atoms with Gasteiger partial charge in [-0.1, -0.05) is 18.2 Å². The van der Waals surface area contributed by atoms with E-state index in [1.807, 2.05) is 24.3 Å². The zero-order chi connectivity index (χ0) is 10.8. The Hall–Kier alpha value is -1.16. The lowest BCUT2D eigenvalue weighted by Crippen LogP contribution is -2.31. The molecule has 80 valence electrons. The highest BCUT2D eigenvalue weighted by Gasteiger charge is 2.39. The maximum Gasteiger partial charge on any atom is 0.308 e. The van der Waals surface area contributed by atoms with Crippen molar-refractivity contribution in [3.05, 3.63) is 29.8 Å². The zero-order valence-corrected chi connectivity index (χ0v) is 9.16. The Morgan fingerprint density at radius 3 is 2.80 bits per heavy atom. The molecule has 15 heavy (non-hydrogen) atoms. The highest BCUT2D eigenvalue weighted by molar-refractivity contribution is 8.01. The quantitative estimate of drug-likeness (QED) is 0.854. The van der Waals surface area contributed by atoms with E-state index in [1.165, 1.54) is 0 Å². The molecule has 0 bridgehead atoms. The smallest absolute Gasteiger partial charge is 0.308 e. The second-order valence-electron chi connectivity index (χ2n) is 3.44. The summed E-state index contributed by atoms with van der Waals surface area (Å²) in [6, 6.07) is 7.61. The van der Waals surface area contributed by atoms with Crippen molar-refractivity contribution in [2.45, 2.75) is 5.25 Å². The minimum atomic E-state index is -0.718. The summed E-state index contributed by atoms with van der Waals surface area (Å²) in [5, 5.41) is 9.01. The molecule has 1 aromatic carbocycles. The Morgan fingerprint density at radius 2 is 2.27 bits per heavy atom. The highest BCUT2D eigenvalue weighted by Crippen LogP contribution is 2.50. The van der Waals surface area contributed by atoms with E-state index < -0.39 is 5.97 Å². The summed E-state index contributed by atoms with van der Waals surface area (Å²) in [6.45, 7) is 0. The molecule has 0 spiro atoms. The van der Waals surface area contributed by atoms with Crippen LogP contribution in [0.4, 0.5) is 0 Å². The Morgan fingerprint density at radius 1 is 1.53 bits per heavy atom. The van der Waals surface area contributed by atoms with E-state index in [0.717, 1.165) is 11.3 Å². The number of thioether (sulfide) groups is 1. The average molecular weight is 224 g/mol. The molecule has 2 rings (SSSR count). The van der Waals surface area contributed by atoms with Crippen LogP contribution in [0.15, 0.2) is 24.3 Å². The van der Waals surface area contributed by atoms with Crippen molar-refractivity contribution in [2.24, 2.45) is 5.92 Å². The van der Waals surface area contributed by atoms with Crippen LogP contribution in [0.3, 0.4) is 0 Å². The lowest BCUT2D eigenvalue weighted by Gasteiger charge is -2.33. The molecule has 0 amide bonds. The van der Waals surface area contributed by atoms with Gasteiger partial charge in [-0.3, -0.25) is 4.79 Å². The van der Waals surface area contributed by atoms with Crippen LogP contribution in [0.25, 0.3) is 0 Å². The van der Waals surface area contributed by atoms with Crippen molar-refractivity contribution in [1.29, 1.82) is 0 Å². The van der Waals surface area contributed by atoms with Gasteiger partial charge in [-0.05, 0) is 6.07 Å². The molecule has 0 aliphatic carbocycles. The van der Waals surface area contributed by atoms with E-state index in [9.17, 15) is 4.79 Å².